The molecule has 3 rings (SSSR count). The zero-order valence-electron chi connectivity index (χ0n) is 14.8. The molecule has 2 aliphatic rings. The lowest BCUT2D eigenvalue weighted by molar-refractivity contribution is 0.106. The molecule has 0 spiro atoms. The third-order valence-electron chi connectivity index (χ3n) is 5.60. The Labute approximate surface area is 144 Å². The van der Waals surface area contributed by atoms with Crippen molar-refractivity contribution < 1.29 is 8.78 Å². The molecule has 0 aliphatic carbocycles. The topological polar surface area (TPSA) is 9.72 Å². The van der Waals surface area contributed by atoms with E-state index in [1.54, 1.807) is 0 Å². The van der Waals surface area contributed by atoms with Crippen LogP contribution in [0, 0.1) is 11.6 Å². The van der Waals surface area contributed by atoms with Gasteiger partial charge in [-0.2, -0.15) is 0 Å². The predicted molar refractivity (Wildman–Crippen MR) is 92.9 cm³/mol. The molecule has 3 nitrogen and oxygen atoms in total. The van der Waals surface area contributed by atoms with Crippen molar-refractivity contribution in [2.24, 2.45) is 0 Å². The summed E-state index contributed by atoms with van der Waals surface area (Å²) < 4.78 is 26.6. The third kappa shape index (κ3) is 4.52. The van der Waals surface area contributed by atoms with Crippen LogP contribution >= 0.6 is 0 Å². The van der Waals surface area contributed by atoms with E-state index in [4.69, 9.17) is 0 Å². The van der Waals surface area contributed by atoms with E-state index in [2.05, 4.69) is 28.5 Å². The molecule has 2 saturated heterocycles. The van der Waals surface area contributed by atoms with E-state index in [1.165, 1.54) is 25.0 Å². The first-order valence-electron chi connectivity index (χ1n) is 9.16. The molecule has 1 aromatic carbocycles. The smallest absolute Gasteiger partial charge is 0.126 e. The first-order valence-corrected chi connectivity index (χ1v) is 9.16. The summed E-state index contributed by atoms with van der Waals surface area (Å²) in [5.74, 6) is -0.977. The molecule has 0 unspecified atom stereocenters. The first-order chi connectivity index (χ1) is 11.5. The Morgan fingerprint density at radius 1 is 0.833 bits per heavy atom. The molecule has 5 heteroatoms. The maximum Gasteiger partial charge on any atom is 0.126 e. The van der Waals surface area contributed by atoms with Crippen molar-refractivity contribution in [3.05, 3.63) is 35.4 Å². The molecule has 2 aliphatic heterocycles. The summed E-state index contributed by atoms with van der Waals surface area (Å²) in [5, 5.41) is 0. The minimum absolute atomic E-state index is 0.488. The number of hydrogen-bond donors (Lipinski definition) is 0. The molecule has 2 fully saturated rings. The molecule has 0 saturated carbocycles. The number of rotatable bonds is 5. The number of benzene rings is 1. The molecule has 2 heterocycles. The van der Waals surface area contributed by atoms with Crippen LogP contribution in [-0.4, -0.2) is 66.1 Å². The average molecular weight is 337 g/mol. The van der Waals surface area contributed by atoms with Gasteiger partial charge in [-0.25, -0.2) is 8.78 Å². The van der Waals surface area contributed by atoms with Gasteiger partial charge in [0.05, 0.1) is 0 Å². The highest BCUT2D eigenvalue weighted by atomic mass is 19.1. The van der Waals surface area contributed by atoms with E-state index < -0.39 is 11.6 Å². The Morgan fingerprint density at radius 3 is 1.96 bits per heavy atom. The van der Waals surface area contributed by atoms with Crippen molar-refractivity contribution in [2.75, 3.05) is 39.3 Å². The van der Waals surface area contributed by atoms with Crippen molar-refractivity contribution in [1.29, 1.82) is 0 Å². The summed E-state index contributed by atoms with van der Waals surface area (Å²) >= 11 is 0. The van der Waals surface area contributed by atoms with Gasteiger partial charge in [0.1, 0.15) is 11.6 Å². The zero-order chi connectivity index (χ0) is 17.1. The van der Waals surface area contributed by atoms with Gasteiger partial charge in [0.2, 0.25) is 0 Å². The fourth-order valence-corrected chi connectivity index (χ4v) is 4.08. The van der Waals surface area contributed by atoms with Gasteiger partial charge >= 0.3 is 0 Å². The molecule has 0 aromatic heterocycles. The predicted octanol–water partition coefficient (Wildman–Crippen LogP) is 2.96. The highest BCUT2D eigenvalue weighted by molar-refractivity contribution is 5.17. The molecular formula is C19H29F2N3. The maximum absolute atomic E-state index is 13.3. The van der Waals surface area contributed by atoms with Crippen LogP contribution in [0.2, 0.25) is 0 Å². The molecule has 134 valence electrons. The lowest BCUT2D eigenvalue weighted by atomic mass is 10.2. The van der Waals surface area contributed by atoms with E-state index in [1.807, 2.05) is 0 Å². The van der Waals surface area contributed by atoms with Crippen molar-refractivity contribution >= 4 is 0 Å². The molecule has 2 atom stereocenters. The van der Waals surface area contributed by atoms with Crippen molar-refractivity contribution in [3.63, 3.8) is 0 Å². The summed E-state index contributed by atoms with van der Waals surface area (Å²) in [7, 11) is 0. The molecule has 0 bridgehead atoms. The van der Waals surface area contributed by atoms with Crippen LogP contribution in [0.25, 0.3) is 0 Å². The van der Waals surface area contributed by atoms with E-state index in [0.29, 0.717) is 18.6 Å². The van der Waals surface area contributed by atoms with Gasteiger partial charge in [-0.15, -0.1) is 0 Å². The normalized spacial score (nSPS) is 27.0. The van der Waals surface area contributed by atoms with Gasteiger partial charge in [-0.05, 0) is 44.4 Å². The summed E-state index contributed by atoms with van der Waals surface area (Å²) in [4.78, 5) is 7.42. The molecule has 0 radical (unpaired) electrons. The quantitative estimate of drug-likeness (QED) is 0.818. The van der Waals surface area contributed by atoms with Gasteiger partial charge in [-0.1, -0.05) is 0 Å². The third-order valence-corrected chi connectivity index (χ3v) is 5.60. The molecular weight excluding hydrogens is 308 g/mol. The Balaban J connectivity index is 1.42. The Kier molecular flexibility index (Phi) is 5.85. The van der Waals surface area contributed by atoms with Gasteiger partial charge in [-0.3, -0.25) is 14.7 Å². The molecule has 0 amide bonds. The van der Waals surface area contributed by atoms with Crippen LogP contribution in [0.4, 0.5) is 8.78 Å². The summed E-state index contributed by atoms with van der Waals surface area (Å²) in [5.41, 5.74) is 0.723. The lowest BCUT2D eigenvalue weighted by Crippen LogP contribution is -2.48. The van der Waals surface area contributed by atoms with Gasteiger partial charge < -0.3 is 0 Å². The monoisotopic (exact) mass is 337 g/mol. The van der Waals surface area contributed by atoms with Crippen molar-refractivity contribution in [3.8, 4) is 0 Å². The minimum atomic E-state index is -0.488. The van der Waals surface area contributed by atoms with Crippen LogP contribution < -0.4 is 0 Å². The number of nitrogens with zero attached hydrogens (tertiary/aromatic N) is 3. The lowest BCUT2D eigenvalue weighted by Gasteiger charge is -2.36. The van der Waals surface area contributed by atoms with E-state index in [-0.39, 0.29) is 0 Å². The molecule has 1 aromatic rings. The summed E-state index contributed by atoms with van der Waals surface area (Å²) in [6.45, 7) is 11.6. The number of halogens is 2. The van der Waals surface area contributed by atoms with Gasteiger partial charge in [0.15, 0.2) is 0 Å². The summed E-state index contributed by atoms with van der Waals surface area (Å²) in [6.07, 6.45) is 2.64. The highest BCUT2D eigenvalue weighted by Gasteiger charge is 2.27. The Hall–Kier alpha value is -1.04. The van der Waals surface area contributed by atoms with Crippen LogP contribution in [0.15, 0.2) is 18.2 Å². The molecule has 24 heavy (non-hydrogen) atoms. The summed E-state index contributed by atoms with van der Waals surface area (Å²) in [6, 6.07) is 5.23. The van der Waals surface area contributed by atoms with Gasteiger partial charge in [0, 0.05) is 64.0 Å². The fourth-order valence-electron chi connectivity index (χ4n) is 4.08. The van der Waals surface area contributed by atoms with Crippen LogP contribution in [0.3, 0.4) is 0 Å². The van der Waals surface area contributed by atoms with Crippen molar-refractivity contribution in [2.45, 2.75) is 45.3 Å². The number of hydrogen-bond acceptors (Lipinski definition) is 3. The number of likely N-dealkylation sites (tertiary alicyclic amines) is 1. The van der Waals surface area contributed by atoms with Crippen LogP contribution in [-0.2, 0) is 6.54 Å². The minimum Gasteiger partial charge on any atom is -0.300 e. The average Bonchev–Trinajstić information content (AvgIpc) is 2.84. The first kappa shape index (κ1) is 17.8. The second-order valence-corrected chi connectivity index (χ2v) is 7.41. The SMILES string of the molecule is C[C@@H]1CC[C@H](C)N1CCN1CCN(Cc2cc(F)cc(F)c2)CC1. The van der Waals surface area contributed by atoms with E-state index in [0.717, 1.165) is 50.9 Å². The second-order valence-electron chi connectivity index (χ2n) is 7.41. The van der Waals surface area contributed by atoms with E-state index in [9.17, 15) is 8.78 Å². The fraction of sp³-hybridized carbons (Fsp3) is 0.684. The molecule has 0 N–H and O–H groups in total. The van der Waals surface area contributed by atoms with Crippen LogP contribution in [0.5, 0.6) is 0 Å². The number of piperazine rings is 1. The largest absolute Gasteiger partial charge is 0.300 e. The van der Waals surface area contributed by atoms with Crippen LogP contribution in [0.1, 0.15) is 32.3 Å². The van der Waals surface area contributed by atoms with Crippen molar-refractivity contribution in [1.82, 2.24) is 14.7 Å². The zero-order valence-corrected chi connectivity index (χ0v) is 14.8. The Bertz CT molecular complexity index is 513. The van der Waals surface area contributed by atoms with Gasteiger partial charge in [0.25, 0.3) is 0 Å². The van der Waals surface area contributed by atoms with E-state index >= 15 is 0 Å². The second kappa shape index (κ2) is 7.89. The maximum atomic E-state index is 13.3. The standard InChI is InChI=1S/C19H29F2N3/c1-15-3-4-16(2)24(15)10-9-22-5-7-23(8-6-22)14-17-11-18(20)13-19(21)12-17/h11-13,15-16H,3-10,14H2,1-2H3/t15-,16+. The highest BCUT2D eigenvalue weighted by Crippen LogP contribution is 2.23. The Morgan fingerprint density at radius 2 is 1.38 bits per heavy atom.